The summed E-state index contributed by atoms with van der Waals surface area (Å²) in [5, 5.41) is 3.49. The van der Waals surface area contributed by atoms with E-state index in [2.05, 4.69) is 32.2 Å². The molecule has 1 fully saturated rings. The zero-order valence-electron chi connectivity index (χ0n) is 15.6. The van der Waals surface area contributed by atoms with Crippen molar-refractivity contribution in [2.45, 2.75) is 32.7 Å². The Morgan fingerprint density at radius 1 is 1.04 bits per heavy atom. The number of anilines is 1. The monoisotopic (exact) mass is 352 g/mol. The quantitative estimate of drug-likeness (QED) is 0.905. The van der Waals surface area contributed by atoms with Crippen LogP contribution >= 0.6 is 0 Å². The summed E-state index contributed by atoms with van der Waals surface area (Å²) in [6.45, 7) is 9.23. The number of nitrogens with one attached hydrogen (secondary N) is 1. The van der Waals surface area contributed by atoms with E-state index in [-0.39, 0.29) is 0 Å². The molecule has 1 saturated heterocycles. The van der Waals surface area contributed by atoms with Crippen molar-refractivity contribution in [2.75, 3.05) is 44.2 Å². The minimum Gasteiger partial charge on any atom is -0.355 e. The fourth-order valence-electron chi connectivity index (χ4n) is 3.97. The Bertz CT molecular complexity index is 733. The van der Waals surface area contributed by atoms with Crippen molar-refractivity contribution >= 4 is 5.82 Å². The molecule has 0 bridgehead atoms. The SMILES string of the molecule is Cc1nc2c(c(N3CCCN(Cc4ccccn4)CC3)n1)CCNCC2. The number of hydrogen-bond acceptors (Lipinski definition) is 6. The molecule has 4 heterocycles. The van der Waals surface area contributed by atoms with Crippen molar-refractivity contribution in [1.29, 1.82) is 0 Å². The van der Waals surface area contributed by atoms with Crippen molar-refractivity contribution in [2.24, 2.45) is 0 Å². The fourth-order valence-corrected chi connectivity index (χ4v) is 3.97. The van der Waals surface area contributed by atoms with Gasteiger partial charge in [0, 0.05) is 57.4 Å². The third-order valence-corrected chi connectivity index (χ3v) is 5.27. The highest BCUT2D eigenvalue weighted by Crippen LogP contribution is 2.24. The van der Waals surface area contributed by atoms with Crippen molar-refractivity contribution in [3.63, 3.8) is 0 Å². The highest BCUT2D eigenvalue weighted by atomic mass is 15.3. The van der Waals surface area contributed by atoms with E-state index in [0.717, 1.165) is 76.6 Å². The molecule has 6 heteroatoms. The van der Waals surface area contributed by atoms with Gasteiger partial charge in [-0.25, -0.2) is 9.97 Å². The van der Waals surface area contributed by atoms with Gasteiger partial charge in [0.15, 0.2) is 0 Å². The normalized spacial score (nSPS) is 18.9. The zero-order valence-corrected chi connectivity index (χ0v) is 15.6. The number of hydrogen-bond donors (Lipinski definition) is 1. The molecule has 2 aromatic rings. The first-order valence-electron chi connectivity index (χ1n) is 9.74. The standard InChI is InChI=1S/C20H28N6/c1-16-23-19-7-10-21-9-6-18(19)20(24-16)26-12-4-11-25(13-14-26)15-17-5-2-3-8-22-17/h2-3,5,8,21H,4,6-7,9-15H2,1H3. The molecule has 2 aromatic heterocycles. The molecule has 0 radical (unpaired) electrons. The lowest BCUT2D eigenvalue weighted by Crippen LogP contribution is -2.32. The smallest absolute Gasteiger partial charge is 0.135 e. The van der Waals surface area contributed by atoms with Crippen LogP contribution in [0.5, 0.6) is 0 Å². The van der Waals surface area contributed by atoms with Crippen LogP contribution in [0.1, 0.15) is 29.2 Å². The molecule has 0 spiro atoms. The van der Waals surface area contributed by atoms with Crippen molar-refractivity contribution in [3.05, 3.63) is 47.2 Å². The van der Waals surface area contributed by atoms with Gasteiger partial charge in [0.25, 0.3) is 0 Å². The lowest BCUT2D eigenvalue weighted by Gasteiger charge is -2.25. The van der Waals surface area contributed by atoms with Gasteiger partial charge in [0.05, 0.1) is 11.4 Å². The maximum Gasteiger partial charge on any atom is 0.135 e. The van der Waals surface area contributed by atoms with E-state index in [1.54, 1.807) is 0 Å². The van der Waals surface area contributed by atoms with Crippen LogP contribution in [0.2, 0.25) is 0 Å². The highest BCUT2D eigenvalue weighted by molar-refractivity contribution is 5.50. The van der Waals surface area contributed by atoms with Crippen LogP contribution in [0.4, 0.5) is 5.82 Å². The Hall–Kier alpha value is -2.05. The summed E-state index contributed by atoms with van der Waals surface area (Å²) in [6, 6.07) is 6.16. The summed E-state index contributed by atoms with van der Waals surface area (Å²) in [4.78, 5) is 19.1. The molecule has 138 valence electrons. The summed E-state index contributed by atoms with van der Waals surface area (Å²) < 4.78 is 0. The van der Waals surface area contributed by atoms with Gasteiger partial charge >= 0.3 is 0 Å². The number of aryl methyl sites for hydroxylation is 1. The van der Waals surface area contributed by atoms with E-state index < -0.39 is 0 Å². The first kappa shape index (κ1) is 17.4. The summed E-state index contributed by atoms with van der Waals surface area (Å²) in [5.41, 5.74) is 3.75. The second kappa shape index (κ2) is 8.10. The lowest BCUT2D eigenvalue weighted by molar-refractivity contribution is 0.282. The summed E-state index contributed by atoms with van der Waals surface area (Å²) in [7, 11) is 0. The van der Waals surface area contributed by atoms with E-state index >= 15 is 0 Å². The molecule has 1 N–H and O–H groups in total. The number of nitrogens with zero attached hydrogens (tertiary/aromatic N) is 5. The van der Waals surface area contributed by atoms with Gasteiger partial charge in [-0.2, -0.15) is 0 Å². The highest BCUT2D eigenvalue weighted by Gasteiger charge is 2.22. The molecule has 2 aliphatic rings. The van der Waals surface area contributed by atoms with Crippen molar-refractivity contribution in [3.8, 4) is 0 Å². The van der Waals surface area contributed by atoms with Gasteiger partial charge < -0.3 is 10.2 Å². The van der Waals surface area contributed by atoms with E-state index in [1.165, 1.54) is 17.1 Å². The van der Waals surface area contributed by atoms with E-state index in [0.29, 0.717) is 0 Å². The topological polar surface area (TPSA) is 57.2 Å². The van der Waals surface area contributed by atoms with Crippen LogP contribution in [0, 0.1) is 6.92 Å². The molecule has 0 unspecified atom stereocenters. The van der Waals surface area contributed by atoms with E-state index in [4.69, 9.17) is 9.97 Å². The second-order valence-corrected chi connectivity index (χ2v) is 7.21. The van der Waals surface area contributed by atoms with E-state index in [1.807, 2.05) is 19.2 Å². The second-order valence-electron chi connectivity index (χ2n) is 7.21. The van der Waals surface area contributed by atoms with Crippen LogP contribution in [-0.2, 0) is 19.4 Å². The Morgan fingerprint density at radius 3 is 2.85 bits per heavy atom. The third-order valence-electron chi connectivity index (χ3n) is 5.27. The molecule has 26 heavy (non-hydrogen) atoms. The van der Waals surface area contributed by atoms with Crippen LogP contribution in [-0.4, -0.2) is 59.1 Å². The van der Waals surface area contributed by atoms with Gasteiger partial charge in [0.2, 0.25) is 0 Å². The summed E-state index contributed by atoms with van der Waals surface area (Å²) in [5.74, 6) is 2.08. The third kappa shape index (κ3) is 4.02. The Balaban J connectivity index is 1.50. The molecule has 0 aliphatic carbocycles. The molecule has 4 rings (SSSR count). The van der Waals surface area contributed by atoms with Crippen molar-refractivity contribution in [1.82, 2.24) is 25.2 Å². The average molecular weight is 352 g/mol. The number of fused-ring (bicyclic) bond motifs is 1. The predicted molar refractivity (Wildman–Crippen MR) is 103 cm³/mol. The molecule has 2 aliphatic heterocycles. The molecule has 0 saturated carbocycles. The van der Waals surface area contributed by atoms with Crippen LogP contribution in [0.25, 0.3) is 0 Å². The predicted octanol–water partition coefficient (Wildman–Crippen LogP) is 1.58. The fraction of sp³-hybridized carbons (Fsp3) is 0.550. The number of aromatic nitrogens is 3. The molecule has 0 amide bonds. The van der Waals surface area contributed by atoms with Crippen LogP contribution < -0.4 is 10.2 Å². The molecular weight excluding hydrogens is 324 g/mol. The maximum absolute atomic E-state index is 4.86. The van der Waals surface area contributed by atoms with Crippen LogP contribution in [0.3, 0.4) is 0 Å². The van der Waals surface area contributed by atoms with Crippen molar-refractivity contribution < 1.29 is 0 Å². The van der Waals surface area contributed by atoms with E-state index in [9.17, 15) is 0 Å². The van der Waals surface area contributed by atoms with Gasteiger partial charge in [-0.15, -0.1) is 0 Å². The lowest BCUT2D eigenvalue weighted by atomic mass is 10.1. The summed E-state index contributed by atoms with van der Waals surface area (Å²) >= 11 is 0. The number of rotatable bonds is 3. The summed E-state index contributed by atoms with van der Waals surface area (Å²) in [6.07, 6.45) is 5.07. The first-order chi connectivity index (χ1) is 12.8. The van der Waals surface area contributed by atoms with Gasteiger partial charge in [0.1, 0.15) is 11.6 Å². The Kier molecular flexibility index (Phi) is 5.41. The Labute approximate surface area is 155 Å². The maximum atomic E-state index is 4.86. The minimum absolute atomic E-state index is 0.898. The van der Waals surface area contributed by atoms with Gasteiger partial charge in [-0.3, -0.25) is 9.88 Å². The van der Waals surface area contributed by atoms with Gasteiger partial charge in [-0.1, -0.05) is 6.07 Å². The Morgan fingerprint density at radius 2 is 1.96 bits per heavy atom. The molecule has 0 atom stereocenters. The van der Waals surface area contributed by atoms with Crippen LogP contribution in [0.15, 0.2) is 24.4 Å². The first-order valence-corrected chi connectivity index (χ1v) is 9.74. The van der Waals surface area contributed by atoms with Gasteiger partial charge in [-0.05, 0) is 38.4 Å². The molecular formula is C20H28N6. The zero-order chi connectivity index (χ0) is 17.8. The average Bonchev–Trinajstić information content (AvgIpc) is 3.02. The largest absolute Gasteiger partial charge is 0.355 e. The molecule has 6 nitrogen and oxygen atoms in total. The molecule has 0 aromatic carbocycles. The minimum atomic E-state index is 0.898. The number of pyridine rings is 1.